The van der Waals surface area contributed by atoms with E-state index < -0.39 is 0 Å². The fourth-order valence-corrected chi connectivity index (χ4v) is 3.11. The van der Waals surface area contributed by atoms with Crippen LogP contribution in [0.1, 0.15) is 31.4 Å². The molecule has 2 atom stereocenters. The van der Waals surface area contributed by atoms with E-state index in [-0.39, 0.29) is 11.9 Å². The summed E-state index contributed by atoms with van der Waals surface area (Å²) in [6.07, 6.45) is 1.68. The number of rotatable bonds is 4. The molecule has 0 radical (unpaired) electrons. The van der Waals surface area contributed by atoms with Gasteiger partial charge in [-0.2, -0.15) is 0 Å². The van der Waals surface area contributed by atoms with Crippen LogP contribution in [0.25, 0.3) is 0 Å². The summed E-state index contributed by atoms with van der Waals surface area (Å²) in [4.78, 5) is 14.1. The van der Waals surface area contributed by atoms with Crippen LogP contribution in [-0.4, -0.2) is 30.9 Å². The molecule has 1 aromatic carbocycles. The summed E-state index contributed by atoms with van der Waals surface area (Å²) in [7, 11) is 1.83. The molecular weight excluding hydrogens is 295 g/mol. The zero-order valence-electron chi connectivity index (χ0n) is 11.8. The predicted octanol–water partition coefficient (Wildman–Crippen LogP) is 3.51. The molecule has 110 valence electrons. The average molecular weight is 315 g/mol. The van der Waals surface area contributed by atoms with Crippen LogP contribution < -0.4 is 5.32 Å². The van der Waals surface area contributed by atoms with E-state index in [1.54, 1.807) is 17.0 Å². The second kappa shape index (κ2) is 6.79. The first-order chi connectivity index (χ1) is 9.49. The normalized spacial score (nSPS) is 19.9. The molecule has 1 fully saturated rings. The van der Waals surface area contributed by atoms with E-state index >= 15 is 0 Å². The van der Waals surface area contributed by atoms with Crippen LogP contribution in [0, 0.1) is 5.92 Å². The topological polar surface area (TPSA) is 32.3 Å². The third kappa shape index (κ3) is 3.66. The van der Waals surface area contributed by atoms with Gasteiger partial charge < -0.3 is 10.2 Å². The Hall–Kier alpha value is -0.770. The van der Waals surface area contributed by atoms with E-state index in [9.17, 15) is 4.79 Å². The summed E-state index contributed by atoms with van der Waals surface area (Å²) in [6.45, 7) is 3.94. The van der Waals surface area contributed by atoms with Crippen LogP contribution in [0.4, 0.5) is 0 Å². The van der Waals surface area contributed by atoms with Crippen molar-refractivity contribution in [2.75, 3.05) is 20.1 Å². The maximum Gasteiger partial charge on any atom is 0.223 e. The van der Waals surface area contributed by atoms with E-state index in [0.29, 0.717) is 22.4 Å². The number of carbonyl (C=O) groups excluding carboxylic acids is 1. The third-order valence-corrected chi connectivity index (χ3v) is 4.58. The first-order valence-corrected chi connectivity index (χ1v) is 7.66. The Morgan fingerprint density at radius 1 is 1.50 bits per heavy atom. The van der Waals surface area contributed by atoms with Gasteiger partial charge in [0.2, 0.25) is 5.91 Å². The zero-order valence-corrected chi connectivity index (χ0v) is 13.3. The van der Waals surface area contributed by atoms with Crippen molar-refractivity contribution in [2.24, 2.45) is 5.92 Å². The first kappa shape index (κ1) is 15.6. The molecule has 0 spiro atoms. The Morgan fingerprint density at radius 2 is 2.25 bits per heavy atom. The highest BCUT2D eigenvalue weighted by Gasteiger charge is 2.24. The maximum atomic E-state index is 12.3. The Kier molecular flexibility index (Phi) is 5.30. The smallest absolute Gasteiger partial charge is 0.223 e. The minimum atomic E-state index is -0.0540. The van der Waals surface area contributed by atoms with Crippen LogP contribution in [0.15, 0.2) is 18.2 Å². The Morgan fingerprint density at radius 3 is 2.85 bits per heavy atom. The average Bonchev–Trinajstić information content (AvgIpc) is 2.90. The quantitative estimate of drug-likeness (QED) is 0.922. The molecule has 1 amide bonds. The minimum Gasteiger partial charge on any atom is -0.339 e. The third-order valence-electron chi connectivity index (χ3n) is 4.01. The molecule has 1 aromatic rings. The number of nitrogens with one attached hydrogen (secondary N) is 1. The summed E-state index contributed by atoms with van der Waals surface area (Å²) in [5.74, 6) is 0.620. The van der Waals surface area contributed by atoms with Crippen molar-refractivity contribution in [3.63, 3.8) is 0 Å². The first-order valence-electron chi connectivity index (χ1n) is 6.90. The van der Waals surface area contributed by atoms with Crippen LogP contribution in [0.3, 0.4) is 0 Å². The molecule has 5 heteroatoms. The molecule has 0 aromatic heterocycles. The molecule has 2 rings (SSSR count). The Bertz CT molecular complexity index is 487. The van der Waals surface area contributed by atoms with Gasteiger partial charge in [0.05, 0.1) is 6.04 Å². The van der Waals surface area contributed by atoms with Crippen molar-refractivity contribution in [1.29, 1.82) is 0 Å². The highest BCUT2D eigenvalue weighted by molar-refractivity contribution is 6.35. The second-order valence-corrected chi connectivity index (χ2v) is 6.25. The van der Waals surface area contributed by atoms with E-state index in [0.717, 1.165) is 25.1 Å². The summed E-state index contributed by atoms with van der Waals surface area (Å²) in [5, 5.41) is 4.50. The molecule has 3 nitrogen and oxygen atoms in total. The highest BCUT2D eigenvalue weighted by atomic mass is 35.5. The molecule has 0 bridgehead atoms. The lowest BCUT2D eigenvalue weighted by Crippen LogP contribution is -2.31. The fraction of sp³-hybridized carbons (Fsp3) is 0.533. The maximum absolute atomic E-state index is 12.3. The molecule has 0 saturated carbocycles. The molecule has 1 N–H and O–H groups in total. The lowest BCUT2D eigenvalue weighted by Gasteiger charge is -2.27. The fourth-order valence-electron chi connectivity index (χ4n) is 2.54. The SMILES string of the molecule is C[C@H](c1ccc(Cl)cc1Cl)N(C)C(=O)C[C@H]1CCNC1. The number of hydrogen-bond acceptors (Lipinski definition) is 2. The van der Waals surface area contributed by atoms with Gasteiger partial charge in [-0.3, -0.25) is 4.79 Å². The van der Waals surface area contributed by atoms with E-state index in [2.05, 4.69) is 5.32 Å². The summed E-state index contributed by atoms with van der Waals surface area (Å²) >= 11 is 12.1. The van der Waals surface area contributed by atoms with Crippen molar-refractivity contribution in [3.05, 3.63) is 33.8 Å². The number of nitrogens with zero attached hydrogens (tertiary/aromatic N) is 1. The van der Waals surface area contributed by atoms with Crippen molar-refractivity contribution in [1.82, 2.24) is 10.2 Å². The summed E-state index contributed by atoms with van der Waals surface area (Å²) in [5.41, 5.74) is 0.927. The monoisotopic (exact) mass is 314 g/mol. The van der Waals surface area contributed by atoms with Crippen LogP contribution in [-0.2, 0) is 4.79 Å². The molecule has 1 aliphatic heterocycles. The Balaban J connectivity index is 2.03. The van der Waals surface area contributed by atoms with Gasteiger partial charge in [-0.05, 0) is 50.0 Å². The molecule has 1 saturated heterocycles. The van der Waals surface area contributed by atoms with Gasteiger partial charge >= 0.3 is 0 Å². The lowest BCUT2D eigenvalue weighted by molar-refractivity contribution is -0.132. The van der Waals surface area contributed by atoms with E-state index in [4.69, 9.17) is 23.2 Å². The van der Waals surface area contributed by atoms with Crippen molar-refractivity contribution < 1.29 is 4.79 Å². The van der Waals surface area contributed by atoms with E-state index in [1.165, 1.54) is 0 Å². The number of benzene rings is 1. The van der Waals surface area contributed by atoms with Crippen molar-refractivity contribution in [2.45, 2.75) is 25.8 Å². The van der Waals surface area contributed by atoms with Gasteiger partial charge in [0, 0.05) is 23.5 Å². The number of hydrogen-bond donors (Lipinski definition) is 1. The minimum absolute atomic E-state index is 0.0540. The molecule has 1 heterocycles. The van der Waals surface area contributed by atoms with Gasteiger partial charge in [0.15, 0.2) is 0 Å². The molecule has 20 heavy (non-hydrogen) atoms. The number of halogens is 2. The summed E-state index contributed by atoms with van der Waals surface area (Å²) < 4.78 is 0. The highest BCUT2D eigenvalue weighted by Crippen LogP contribution is 2.29. The molecule has 1 aliphatic rings. The number of amides is 1. The molecular formula is C15H20Cl2N2O. The van der Waals surface area contributed by atoms with Gasteiger partial charge in [-0.25, -0.2) is 0 Å². The van der Waals surface area contributed by atoms with Crippen LogP contribution in [0.2, 0.25) is 10.0 Å². The molecule has 0 aliphatic carbocycles. The van der Waals surface area contributed by atoms with Crippen LogP contribution in [0.5, 0.6) is 0 Å². The van der Waals surface area contributed by atoms with Gasteiger partial charge in [-0.1, -0.05) is 29.3 Å². The van der Waals surface area contributed by atoms with Gasteiger partial charge in [-0.15, -0.1) is 0 Å². The standard InChI is InChI=1S/C15H20Cl2N2O/c1-10(13-4-3-12(16)8-14(13)17)19(2)15(20)7-11-5-6-18-9-11/h3-4,8,10-11,18H,5-7,9H2,1-2H3/t10-,11-/m1/s1. The Labute approximate surface area is 130 Å². The molecule has 0 unspecified atom stereocenters. The van der Waals surface area contributed by atoms with Gasteiger partial charge in [0.1, 0.15) is 0 Å². The van der Waals surface area contributed by atoms with Gasteiger partial charge in [0.25, 0.3) is 0 Å². The largest absolute Gasteiger partial charge is 0.339 e. The van der Waals surface area contributed by atoms with Crippen molar-refractivity contribution in [3.8, 4) is 0 Å². The van der Waals surface area contributed by atoms with Crippen molar-refractivity contribution >= 4 is 29.1 Å². The lowest BCUT2D eigenvalue weighted by atomic mass is 10.0. The van der Waals surface area contributed by atoms with Crippen LogP contribution >= 0.6 is 23.2 Å². The van der Waals surface area contributed by atoms with E-state index in [1.807, 2.05) is 20.0 Å². The summed E-state index contributed by atoms with van der Waals surface area (Å²) in [6, 6.07) is 5.35. The zero-order chi connectivity index (χ0) is 14.7. The predicted molar refractivity (Wildman–Crippen MR) is 83.2 cm³/mol. The number of carbonyl (C=O) groups is 1. The second-order valence-electron chi connectivity index (χ2n) is 5.41.